The summed E-state index contributed by atoms with van der Waals surface area (Å²) in [6, 6.07) is 14.5. The van der Waals surface area contributed by atoms with Gasteiger partial charge in [0.05, 0.1) is 11.4 Å². The Kier molecular flexibility index (Phi) is 3.98. The van der Waals surface area contributed by atoms with E-state index in [-0.39, 0.29) is 12.4 Å². The zero-order chi connectivity index (χ0) is 19.8. The van der Waals surface area contributed by atoms with Crippen LogP contribution in [-0.2, 0) is 0 Å². The van der Waals surface area contributed by atoms with Gasteiger partial charge >= 0.3 is 0 Å². The maximum Gasteiger partial charge on any atom is 0.273 e. The normalized spacial score (nSPS) is 12.2. The van der Waals surface area contributed by atoms with Crippen LogP contribution < -0.4 is 20.3 Å². The van der Waals surface area contributed by atoms with Gasteiger partial charge in [-0.1, -0.05) is 17.7 Å². The Morgan fingerprint density at radius 3 is 2.69 bits per heavy atom. The van der Waals surface area contributed by atoms with E-state index < -0.39 is 0 Å². The molecule has 0 unspecified atom stereocenters. The molecule has 0 spiro atoms. The second-order valence-corrected chi connectivity index (χ2v) is 6.52. The molecule has 0 radical (unpaired) electrons. The third kappa shape index (κ3) is 3.18. The molecule has 4 aromatic rings. The van der Waals surface area contributed by atoms with E-state index in [1.54, 1.807) is 12.1 Å². The maximum absolute atomic E-state index is 12.8. The molecule has 0 bridgehead atoms. The van der Waals surface area contributed by atoms with E-state index in [2.05, 4.69) is 25.6 Å². The molecular formula is C20H16N6O3. The molecule has 1 aliphatic rings. The summed E-state index contributed by atoms with van der Waals surface area (Å²) in [5, 5.41) is 14.5. The summed E-state index contributed by atoms with van der Waals surface area (Å²) in [5.41, 5.74) is 3.16. The Morgan fingerprint density at radius 2 is 1.90 bits per heavy atom. The van der Waals surface area contributed by atoms with E-state index in [0.29, 0.717) is 34.4 Å². The van der Waals surface area contributed by atoms with Crippen LogP contribution >= 0.6 is 0 Å². The van der Waals surface area contributed by atoms with Gasteiger partial charge in [-0.25, -0.2) is 4.98 Å². The monoisotopic (exact) mass is 388 g/mol. The van der Waals surface area contributed by atoms with Gasteiger partial charge in [0.1, 0.15) is 6.33 Å². The van der Waals surface area contributed by atoms with Crippen LogP contribution in [-0.4, -0.2) is 31.8 Å². The van der Waals surface area contributed by atoms with Crippen molar-refractivity contribution in [3.63, 3.8) is 0 Å². The molecule has 0 saturated carbocycles. The molecule has 2 N–H and O–H groups in total. The fourth-order valence-corrected chi connectivity index (χ4v) is 3.05. The fourth-order valence-electron chi connectivity index (χ4n) is 3.05. The largest absolute Gasteiger partial charge is 0.454 e. The second-order valence-electron chi connectivity index (χ2n) is 6.52. The number of hydrogen-bond acceptors (Lipinski definition) is 7. The first-order valence-corrected chi connectivity index (χ1v) is 8.91. The van der Waals surface area contributed by atoms with Crippen LogP contribution in [0.25, 0.3) is 17.2 Å². The lowest BCUT2D eigenvalue weighted by molar-refractivity contribution is 0.174. The van der Waals surface area contributed by atoms with E-state index in [4.69, 9.17) is 9.47 Å². The highest BCUT2D eigenvalue weighted by Crippen LogP contribution is 2.35. The number of nitrogens with one attached hydrogen (secondary N) is 2. The summed E-state index contributed by atoms with van der Waals surface area (Å²) < 4.78 is 12.1. The zero-order valence-corrected chi connectivity index (χ0v) is 15.4. The lowest BCUT2D eigenvalue weighted by Gasteiger charge is -2.13. The summed E-state index contributed by atoms with van der Waals surface area (Å²) in [6.45, 7) is 2.18. The topological polar surface area (TPSA) is 107 Å². The Bertz CT molecular complexity index is 1230. The molecule has 3 heterocycles. The smallest absolute Gasteiger partial charge is 0.273 e. The molecule has 0 fully saturated rings. The summed E-state index contributed by atoms with van der Waals surface area (Å²) in [6.07, 6.45) is 1.39. The third-order valence-electron chi connectivity index (χ3n) is 4.50. The number of benzene rings is 2. The van der Waals surface area contributed by atoms with Crippen LogP contribution in [0.1, 0.15) is 5.56 Å². The number of ether oxygens (including phenoxy) is 2. The first kappa shape index (κ1) is 17.0. The third-order valence-corrected chi connectivity index (χ3v) is 4.50. The molecule has 0 saturated heterocycles. The molecule has 2 aromatic heterocycles. The summed E-state index contributed by atoms with van der Waals surface area (Å²) >= 11 is 0. The molecule has 9 heteroatoms. The van der Waals surface area contributed by atoms with Crippen LogP contribution in [0.15, 0.2) is 59.7 Å². The predicted molar refractivity (Wildman–Crippen MR) is 106 cm³/mol. The minimum absolute atomic E-state index is 0.191. The van der Waals surface area contributed by atoms with Crippen molar-refractivity contribution >= 4 is 11.4 Å². The van der Waals surface area contributed by atoms with Gasteiger partial charge in [0.25, 0.3) is 5.56 Å². The van der Waals surface area contributed by atoms with E-state index in [9.17, 15) is 4.79 Å². The minimum atomic E-state index is -0.277. The van der Waals surface area contributed by atoms with E-state index in [0.717, 1.165) is 11.3 Å². The number of aromatic nitrogens is 5. The second kappa shape index (κ2) is 6.79. The van der Waals surface area contributed by atoms with Crippen molar-refractivity contribution in [3.05, 3.63) is 70.8 Å². The van der Waals surface area contributed by atoms with Gasteiger partial charge in [-0.2, -0.15) is 14.9 Å². The molecule has 9 nitrogen and oxygen atoms in total. The van der Waals surface area contributed by atoms with E-state index in [1.807, 2.05) is 37.3 Å². The van der Waals surface area contributed by atoms with E-state index in [1.165, 1.54) is 17.1 Å². The average Bonchev–Trinajstić information content (AvgIpc) is 3.40. The van der Waals surface area contributed by atoms with Crippen LogP contribution in [0.5, 0.6) is 11.5 Å². The molecule has 29 heavy (non-hydrogen) atoms. The molecule has 2 aromatic carbocycles. The van der Waals surface area contributed by atoms with Gasteiger partial charge in [0.2, 0.25) is 6.79 Å². The Labute approximate surface area is 164 Å². The number of anilines is 2. The highest BCUT2D eigenvalue weighted by molar-refractivity contribution is 5.75. The van der Waals surface area contributed by atoms with Crippen molar-refractivity contribution in [2.75, 3.05) is 12.1 Å². The minimum Gasteiger partial charge on any atom is -0.454 e. The van der Waals surface area contributed by atoms with Crippen molar-refractivity contribution in [3.8, 4) is 28.7 Å². The molecule has 1 aliphatic heterocycles. The highest BCUT2D eigenvalue weighted by Gasteiger charge is 2.17. The van der Waals surface area contributed by atoms with Gasteiger partial charge in [0, 0.05) is 17.8 Å². The van der Waals surface area contributed by atoms with Crippen LogP contribution in [0.4, 0.5) is 11.4 Å². The van der Waals surface area contributed by atoms with Gasteiger partial charge in [0.15, 0.2) is 23.0 Å². The summed E-state index contributed by atoms with van der Waals surface area (Å²) in [7, 11) is 0. The van der Waals surface area contributed by atoms with Gasteiger partial charge in [-0.05, 0) is 31.2 Å². The maximum atomic E-state index is 12.8. The highest BCUT2D eigenvalue weighted by atomic mass is 16.7. The van der Waals surface area contributed by atoms with Crippen molar-refractivity contribution in [2.24, 2.45) is 0 Å². The van der Waals surface area contributed by atoms with Crippen molar-refractivity contribution in [1.29, 1.82) is 0 Å². The number of aromatic amines is 1. The van der Waals surface area contributed by atoms with Gasteiger partial charge in [-0.15, -0.1) is 0 Å². The molecule has 0 aliphatic carbocycles. The lowest BCUT2D eigenvalue weighted by atomic mass is 10.2. The standard InChI is InChI=1S/C20H16N6O3/c1-12-2-5-14(6-3-12)26-18(27)9-15(19(25-26)20-21-10-22-24-20)23-13-4-7-16-17(8-13)29-11-28-16/h2-10,23H,11H2,1H3,(H,21,22,24). The SMILES string of the molecule is Cc1ccc(-n2nc(-c3ncn[nH]3)c(Nc3ccc4c(c3)OCO4)cc2=O)cc1. The lowest BCUT2D eigenvalue weighted by Crippen LogP contribution is -2.22. The first-order valence-electron chi connectivity index (χ1n) is 8.91. The molecule has 0 atom stereocenters. The van der Waals surface area contributed by atoms with Crippen molar-refractivity contribution < 1.29 is 9.47 Å². The Balaban J connectivity index is 1.60. The number of hydrogen-bond donors (Lipinski definition) is 2. The molecular weight excluding hydrogens is 372 g/mol. The molecule has 5 rings (SSSR count). The fraction of sp³-hybridized carbons (Fsp3) is 0.100. The van der Waals surface area contributed by atoms with Crippen LogP contribution in [0.2, 0.25) is 0 Å². The number of fused-ring (bicyclic) bond motifs is 1. The first-order chi connectivity index (χ1) is 14.2. The molecule has 0 amide bonds. The number of H-pyrrole nitrogens is 1. The van der Waals surface area contributed by atoms with Crippen LogP contribution in [0.3, 0.4) is 0 Å². The molecule has 144 valence electrons. The quantitative estimate of drug-likeness (QED) is 0.553. The predicted octanol–water partition coefficient (Wildman–Crippen LogP) is 2.80. The van der Waals surface area contributed by atoms with Crippen molar-refractivity contribution in [2.45, 2.75) is 6.92 Å². The summed E-state index contributed by atoms with van der Waals surface area (Å²) in [5.74, 6) is 1.75. The van der Waals surface area contributed by atoms with Gasteiger partial charge < -0.3 is 14.8 Å². The number of rotatable bonds is 4. The van der Waals surface area contributed by atoms with Crippen molar-refractivity contribution in [1.82, 2.24) is 25.0 Å². The Hall–Kier alpha value is -4.14. The summed E-state index contributed by atoms with van der Waals surface area (Å²) in [4.78, 5) is 17.0. The Morgan fingerprint density at radius 1 is 1.07 bits per heavy atom. The van der Waals surface area contributed by atoms with Crippen LogP contribution in [0, 0.1) is 6.92 Å². The van der Waals surface area contributed by atoms with Gasteiger partial charge in [-0.3, -0.25) is 9.89 Å². The zero-order valence-electron chi connectivity index (χ0n) is 15.4. The number of nitrogens with zero attached hydrogens (tertiary/aromatic N) is 4. The van der Waals surface area contributed by atoms with E-state index >= 15 is 0 Å². The number of aryl methyl sites for hydroxylation is 1. The average molecular weight is 388 g/mol.